The number of rotatable bonds is 6. The van der Waals surface area contributed by atoms with Gasteiger partial charge in [0.25, 0.3) is 5.91 Å². The van der Waals surface area contributed by atoms with Crippen molar-refractivity contribution in [1.29, 1.82) is 0 Å². The third-order valence-corrected chi connectivity index (χ3v) is 4.27. The molecule has 24 heavy (non-hydrogen) atoms. The van der Waals surface area contributed by atoms with Crippen molar-refractivity contribution < 1.29 is 14.3 Å². The summed E-state index contributed by atoms with van der Waals surface area (Å²) in [5, 5.41) is 7.66. The van der Waals surface area contributed by atoms with Crippen LogP contribution in [0.5, 0.6) is 0 Å². The topological polar surface area (TPSA) is 106 Å². The minimum Gasteiger partial charge on any atom is -0.376 e. The quantitative estimate of drug-likeness (QED) is 0.808. The van der Waals surface area contributed by atoms with Crippen LogP contribution in [-0.2, 0) is 16.0 Å². The average molecular weight is 347 g/mol. The molecule has 2 N–H and O–H groups in total. The van der Waals surface area contributed by atoms with E-state index in [-0.39, 0.29) is 30.0 Å². The Balaban J connectivity index is 1.48. The first-order chi connectivity index (χ1) is 11.7. The summed E-state index contributed by atoms with van der Waals surface area (Å²) in [5.41, 5.74) is 0.822. The number of carbonyl (C=O) groups is 2. The molecule has 1 aliphatic heterocycles. The largest absolute Gasteiger partial charge is 0.376 e. The van der Waals surface area contributed by atoms with Crippen molar-refractivity contribution in [3.8, 4) is 0 Å². The summed E-state index contributed by atoms with van der Waals surface area (Å²) in [6, 6.07) is 0. The van der Waals surface area contributed by atoms with Crippen molar-refractivity contribution >= 4 is 28.3 Å². The van der Waals surface area contributed by atoms with Gasteiger partial charge >= 0.3 is 0 Å². The predicted molar refractivity (Wildman–Crippen MR) is 87.8 cm³/mol. The number of aromatic nitrogens is 3. The lowest BCUT2D eigenvalue weighted by Gasteiger charge is -2.09. The molecule has 0 aromatic carbocycles. The van der Waals surface area contributed by atoms with Crippen LogP contribution in [0.4, 0.5) is 5.13 Å². The number of nitrogens with one attached hydrogen (secondary N) is 2. The van der Waals surface area contributed by atoms with E-state index in [9.17, 15) is 9.59 Å². The number of thiazole rings is 1. The fourth-order valence-electron chi connectivity index (χ4n) is 2.28. The molecule has 1 atom stereocenters. The summed E-state index contributed by atoms with van der Waals surface area (Å²) in [4.78, 5) is 35.9. The second kappa shape index (κ2) is 7.93. The number of amides is 2. The minimum atomic E-state index is -0.383. The molecule has 0 unspecified atom stereocenters. The molecule has 1 aliphatic rings. The molecule has 9 heteroatoms. The van der Waals surface area contributed by atoms with Crippen molar-refractivity contribution in [3.63, 3.8) is 0 Å². The highest BCUT2D eigenvalue weighted by Gasteiger charge is 2.17. The maximum Gasteiger partial charge on any atom is 0.277 e. The van der Waals surface area contributed by atoms with Crippen LogP contribution in [-0.4, -0.2) is 46.0 Å². The second-order valence-corrected chi connectivity index (χ2v) is 6.16. The monoisotopic (exact) mass is 347 g/mol. The van der Waals surface area contributed by atoms with Gasteiger partial charge in [0.05, 0.1) is 24.4 Å². The van der Waals surface area contributed by atoms with Gasteiger partial charge in [0.15, 0.2) is 5.13 Å². The second-order valence-electron chi connectivity index (χ2n) is 5.30. The number of hydrogen-bond donors (Lipinski definition) is 2. The highest BCUT2D eigenvalue weighted by Crippen LogP contribution is 2.16. The number of ether oxygens (including phenoxy) is 1. The fraction of sp³-hybridized carbons (Fsp3) is 0.400. The Morgan fingerprint density at radius 3 is 3.04 bits per heavy atom. The van der Waals surface area contributed by atoms with Crippen molar-refractivity contribution in [2.75, 3.05) is 18.5 Å². The summed E-state index contributed by atoms with van der Waals surface area (Å²) in [7, 11) is 0. The standard InChI is InChI=1S/C15H17N5O3S/c21-13(18-7-11-2-1-5-23-11)6-10-9-24-15(19-10)20-14(22)12-8-16-3-4-17-12/h3-4,8-9,11H,1-2,5-7H2,(H,18,21)(H,19,20,22)/t11-/m1/s1. The summed E-state index contributed by atoms with van der Waals surface area (Å²) < 4.78 is 5.46. The number of carbonyl (C=O) groups excluding carboxylic acids is 2. The van der Waals surface area contributed by atoms with Crippen molar-refractivity contribution in [1.82, 2.24) is 20.3 Å². The van der Waals surface area contributed by atoms with E-state index >= 15 is 0 Å². The van der Waals surface area contributed by atoms with E-state index in [1.807, 2.05) is 0 Å². The number of hydrogen-bond acceptors (Lipinski definition) is 7. The van der Waals surface area contributed by atoms with Crippen LogP contribution in [0, 0.1) is 0 Å². The molecule has 2 aromatic heterocycles. The van der Waals surface area contributed by atoms with Crippen LogP contribution < -0.4 is 10.6 Å². The Hall–Kier alpha value is -2.39. The van der Waals surface area contributed by atoms with Crippen molar-refractivity contribution in [2.24, 2.45) is 0 Å². The molecule has 8 nitrogen and oxygen atoms in total. The Bertz CT molecular complexity index is 700. The van der Waals surface area contributed by atoms with Crippen molar-refractivity contribution in [2.45, 2.75) is 25.4 Å². The zero-order valence-corrected chi connectivity index (χ0v) is 13.7. The van der Waals surface area contributed by atoms with E-state index in [0.717, 1.165) is 19.4 Å². The van der Waals surface area contributed by atoms with Crippen LogP contribution in [0.25, 0.3) is 0 Å². The molecule has 2 aromatic rings. The van der Waals surface area contributed by atoms with Crippen LogP contribution >= 0.6 is 11.3 Å². The van der Waals surface area contributed by atoms with Crippen LogP contribution in [0.3, 0.4) is 0 Å². The summed E-state index contributed by atoms with van der Waals surface area (Å²) >= 11 is 1.26. The molecule has 0 radical (unpaired) electrons. The molecule has 126 valence electrons. The van der Waals surface area contributed by atoms with Crippen LogP contribution in [0.15, 0.2) is 24.0 Å². The minimum absolute atomic E-state index is 0.109. The molecule has 1 saturated heterocycles. The molecule has 0 saturated carbocycles. The predicted octanol–water partition coefficient (Wildman–Crippen LogP) is 1.02. The van der Waals surface area contributed by atoms with E-state index in [1.54, 1.807) is 5.38 Å². The van der Waals surface area contributed by atoms with Gasteiger partial charge in [-0.15, -0.1) is 11.3 Å². The molecular formula is C15H17N5O3S. The van der Waals surface area contributed by atoms with Gasteiger partial charge < -0.3 is 10.1 Å². The summed E-state index contributed by atoms with van der Waals surface area (Å²) in [6.07, 6.45) is 6.63. The summed E-state index contributed by atoms with van der Waals surface area (Å²) in [6.45, 7) is 1.29. The van der Waals surface area contributed by atoms with Crippen LogP contribution in [0.1, 0.15) is 29.0 Å². The molecular weight excluding hydrogens is 330 g/mol. The average Bonchev–Trinajstić information content (AvgIpc) is 3.26. The van der Waals surface area contributed by atoms with Crippen molar-refractivity contribution in [3.05, 3.63) is 35.4 Å². The van der Waals surface area contributed by atoms with Gasteiger partial charge in [-0.3, -0.25) is 19.9 Å². The van der Waals surface area contributed by atoms with Crippen LogP contribution in [0.2, 0.25) is 0 Å². The third-order valence-electron chi connectivity index (χ3n) is 3.46. The Morgan fingerprint density at radius 1 is 1.38 bits per heavy atom. The zero-order chi connectivity index (χ0) is 16.8. The SMILES string of the molecule is O=C(Cc1csc(NC(=O)c2cnccn2)n1)NC[C@H]1CCCO1. The fourth-order valence-corrected chi connectivity index (χ4v) is 2.99. The van der Waals surface area contributed by atoms with E-state index in [2.05, 4.69) is 25.6 Å². The van der Waals surface area contributed by atoms with Gasteiger partial charge in [0.2, 0.25) is 5.91 Å². The number of nitrogens with zero attached hydrogens (tertiary/aromatic N) is 3. The highest BCUT2D eigenvalue weighted by atomic mass is 32.1. The number of anilines is 1. The van der Waals surface area contributed by atoms with Gasteiger partial charge in [-0.1, -0.05) is 0 Å². The van der Waals surface area contributed by atoms with E-state index < -0.39 is 0 Å². The molecule has 1 fully saturated rings. The molecule has 3 rings (SSSR count). The normalized spacial score (nSPS) is 16.8. The summed E-state index contributed by atoms with van der Waals surface area (Å²) in [5.74, 6) is -0.491. The first-order valence-corrected chi connectivity index (χ1v) is 8.49. The molecule has 0 bridgehead atoms. The lowest BCUT2D eigenvalue weighted by molar-refractivity contribution is -0.121. The Kier molecular flexibility index (Phi) is 5.44. The smallest absolute Gasteiger partial charge is 0.277 e. The van der Waals surface area contributed by atoms with Gasteiger partial charge in [0.1, 0.15) is 5.69 Å². The highest BCUT2D eigenvalue weighted by molar-refractivity contribution is 7.14. The van der Waals surface area contributed by atoms with Gasteiger partial charge in [-0.25, -0.2) is 9.97 Å². The molecule has 0 spiro atoms. The lowest BCUT2D eigenvalue weighted by Crippen LogP contribution is -2.32. The van der Waals surface area contributed by atoms with E-state index in [1.165, 1.54) is 29.9 Å². The molecule has 3 heterocycles. The van der Waals surface area contributed by atoms with Gasteiger partial charge in [0, 0.05) is 30.9 Å². The molecule has 0 aliphatic carbocycles. The Morgan fingerprint density at radius 2 is 2.29 bits per heavy atom. The maximum absolute atomic E-state index is 12.0. The van der Waals surface area contributed by atoms with Gasteiger partial charge in [-0.05, 0) is 12.8 Å². The van der Waals surface area contributed by atoms with E-state index in [4.69, 9.17) is 4.74 Å². The first kappa shape index (κ1) is 16.5. The third kappa shape index (κ3) is 4.56. The lowest BCUT2D eigenvalue weighted by atomic mass is 10.2. The van der Waals surface area contributed by atoms with Gasteiger partial charge in [-0.2, -0.15) is 0 Å². The Labute approximate surface area is 142 Å². The first-order valence-electron chi connectivity index (χ1n) is 7.61. The zero-order valence-electron chi connectivity index (χ0n) is 12.9. The van der Waals surface area contributed by atoms with E-state index in [0.29, 0.717) is 17.4 Å². The maximum atomic E-state index is 12.0. The molecule has 2 amide bonds.